The van der Waals surface area contributed by atoms with Crippen LogP contribution in [0.4, 0.5) is 5.00 Å². The summed E-state index contributed by atoms with van der Waals surface area (Å²) in [6.07, 6.45) is 4.51. The maximum Gasteiger partial charge on any atom is 0.341 e. The number of fused-ring (bicyclic) bond motifs is 2. The van der Waals surface area contributed by atoms with E-state index in [0.717, 1.165) is 39.9 Å². The summed E-state index contributed by atoms with van der Waals surface area (Å²) in [5.41, 5.74) is 2.46. The van der Waals surface area contributed by atoms with Gasteiger partial charge in [-0.1, -0.05) is 29.5 Å². The van der Waals surface area contributed by atoms with Crippen molar-refractivity contribution in [3.63, 3.8) is 0 Å². The molecule has 0 fully saturated rings. The van der Waals surface area contributed by atoms with Gasteiger partial charge in [0.25, 0.3) is 5.91 Å². The van der Waals surface area contributed by atoms with Crippen molar-refractivity contribution in [1.82, 2.24) is 4.57 Å². The number of carbonyl (C=O) groups is 3. The highest BCUT2D eigenvalue weighted by Crippen LogP contribution is 2.39. The minimum absolute atomic E-state index is 0.0839. The summed E-state index contributed by atoms with van der Waals surface area (Å²) in [4.78, 5) is 43.1. The van der Waals surface area contributed by atoms with Crippen LogP contribution in [0, 0.1) is 0 Å². The van der Waals surface area contributed by atoms with Crippen LogP contribution in [0.1, 0.15) is 27.2 Å². The number of nitrogens with zero attached hydrogens (tertiary/aromatic N) is 2. The van der Waals surface area contributed by atoms with Crippen LogP contribution < -0.4 is 10.1 Å². The first-order valence-electron chi connectivity index (χ1n) is 10.4. The number of thiophene rings is 1. The van der Waals surface area contributed by atoms with Crippen LogP contribution >= 0.6 is 34.4 Å². The van der Waals surface area contributed by atoms with Gasteiger partial charge in [0.2, 0.25) is 5.91 Å². The molecular formula is C23H23N3O4S3. The maximum absolute atomic E-state index is 12.5. The number of thiazole rings is 1. The van der Waals surface area contributed by atoms with Gasteiger partial charge in [0.1, 0.15) is 5.00 Å². The molecule has 0 bridgehead atoms. The predicted molar refractivity (Wildman–Crippen MR) is 134 cm³/mol. The Balaban J connectivity index is 1.39. The lowest BCUT2D eigenvalue weighted by atomic mass is 10.1. The SMILES string of the molecule is C=CCn1c(=NC(=O)CSCC(=O)Nc2sc3c(c2C(=O)OC)CCC3)sc2ccccc21. The van der Waals surface area contributed by atoms with E-state index in [1.165, 1.54) is 41.5 Å². The van der Waals surface area contributed by atoms with Crippen molar-refractivity contribution in [2.24, 2.45) is 4.99 Å². The second-order valence-electron chi connectivity index (χ2n) is 7.35. The Morgan fingerprint density at radius 3 is 2.85 bits per heavy atom. The molecule has 10 heteroatoms. The third-order valence-electron chi connectivity index (χ3n) is 5.14. The number of benzene rings is 1. The van der Waals surface area contributed by atoms with E-state index in [-0.39, 0.29) is 23.3 Å². The molecule has 2 amide bonds. The minimum Gasteiger partial charge on any atom is -0.465 e. The Morgan fingerprint density at radius 1 is 1.24 bits per heavy atom. The van der Waals surface area contributed by atoms with Crippen LogP contribution in [0.2, 0.25) is 0 Å². The quantitative estimate of drug-likeness (QED) is 0.372. The minimum atomic E-state index is -0.428. The Morgan fingerprint density at radius 2 is 2.06 bits per heavy atom. The van der Waals surface area contributed by atoms with Gasteiger partial charge in [0.05, 0.1) is 34.4 Å². The van der Waals surface area contributed by atoms with Crippen LogP contribution in [-0.4, -0.2) is 41.0 Å². The van der Waals surface area contributed by atoms with Crippen molar-refractivity contribution >= 4 is 67.4 Å². The highest BCUT2D eigenvalue weighted by Gasteiger charge is 2.28. The molecule has 3 aromatic rings. The van der Waals surface area contributed by atoms with Gasteiger partial charge in [-0.15, -0.1) is 29.7 Å². The molecule has 2 heterocycles. The molecule has 1 aliphatic rings. The lowest BCUT2D eigenvalue weighted by Crippen LogP contribution is -2.19. The number of hydrogen-bond donors (Lipinski definition) is 1. The van der Waals surface area contributed by atoms with Gasteiger partial charge < -0.3 is 14.6 Å². The van der Waals surface area contributed by atoms with Gasteiger partial charge in [-0.05, 0) is 37.0 Å². The smallest absolute Gasteiger partial charge is 0.341 e. The summed E-state index contributed by atoms with van der Waals surface area (Å²) in [6, 6.07) is 7.87. The number of amides is 2. The fraction of sp³-hybridized carbons (Fsp3) is 0.304. The zero-order chi connectivity index (χ0) is 23.4. The molecule has 172 valence electrons. The molecule has 0 radical (unpaired) electrons. The molecule has 1 aliphatic carbocycles. The van der Waals surface area contributed by atoms with Crippen LogP contribution in [0.25, 0.3) is 10.2 Å². The van der Waals surface area contributed by atoms with E-state index in [4.69, 9.17) is 4.74 Å². The van der Waals surface area contributed by atoms with Gasteiger partial charge in [0, 0.05) is 11.4 Å². The zero-order valence-corrected chi connectivity index (χ0v) is 20.5. The third-order valence-corrected chi connectivity index (χ3v) is 8.33. The van der Waals surface area contributed by atoms with E-state index >= 15 is 0 Å². The molecular weight excluding hydrogens is 478 g/mol. The third kappa shape index (κ3) is 5.13. The fourth-order valence-corrected chi connectivity index (χ4v) is 6.70. The Kier molecular flexibility index (Phi) is 7.46. The first kappa shape index (κ1) is 23.5. The number of aromatic nitrogens is 1. The standard InChI is InChI=1S/C23H23N3O4S3/c1-3-11-26-15-8-4-5-9-17(15)33-23(26)25-19(28)13-31-12-18(27)24-21-20(22(29)30-2)14-7-6-10-16(14)32-21/h3-5,8-9H,1,6-7,10-13H2,2H3,(H,24,27). The zero-order valence-electron chi connectivity index (χ0n) is 18.1. The predicted octanol–water partition coefficient (Wildman–Crippen LogP) is 4.02. The van der Waals surface area contributed by atoms with E-state index in [1.54, 1.807) is 6.08 Å². The van der Waals surface area contributed by atoms with Gasteiger partial charge in [-0.25, -0.2) is 4.79 Å². The van der Waals surface area contributed by atoms with Crippen molar-refractivity contribution in [3.8, 4) is 0 Å². The monoisotopic (exact) mass is 501 g/mol. The molecule has 0 saturated heterocycles. The number of aryl methyl sites for hydroxylation is 1. The number of ether oxygens (including phenoxy) is 1. The molecule has 0 spiro atoms. The topological polar surface area (TPSA) is 89.8 Å². The molecule has 2 aromatic heterocycles. The highest BCUT2D eigenvalue weighted by molar-refractivity contribution is 8.00. The molecule has 0 atom stereocenters. The number of thioether (sulfide) groups is 1. The van der Waals surface area contributed by atoms with E-state index in [0.29, 0.717) is 21.9 Å². The van der Waals surface area contributed by atoms with Crippen LogP contribution in [-0.2, 0) is 33.7 Å². The summed E-state index contributed by atoms with van der Waals surface area (Å²) >= 11 is 4.07. The molecule has 4 rings (SSSR count). The van der Waals surface area contributed by atoms with Gasteiger partial charge in [-0.2, -0.15) is 4.99 Å². The van der Waals surface area contributed by atoms with Crippen molar-refractivity contribution in [2.45, 2.75) is 25.8 Å². The van der Waals surface area contributed by atoms with Gasteiger partial charge >= 0.3 is 5.97 Å². The summed E-state index contributed by atoms with van der Waals surface area (Å²) < 4.78 is 7.90. The number of nitrogens with one attached hydrogen (secondary N) is 1. The van der Waals surface area contributed by atoms with Gasteiger partial charge in [-0.3, -0.25) is 9.59 Å². The molecule has 0 saturated carbocycles. The number of para-hydroxylation sites is 1. The van der Waals surface area contributed by atoms with Crippen LogP contribution in [0.3, 0.4) is 0 Å². The number of carbonyl (C=O) groups excluding carboxylic acids is 3. The number of anilines is 1. The van der Waals surface area contributed by atoms with Crippen molar-refractivity contribution < 1.29 is 19.1 Å². The number of methoxy groups -OCH3 is 1. The molecule has 1 N–H and O–H groups in total. The van der Waals surface area contributed by atoms with Crippen LogP contribution in [0.15, 0.2) is 41.9 Å². The highest BCUT2D eigenvalue weighted by atomic mass is 32.2. The largest absolute Gasteiger partial charge is 0.465 e. The van der Waals surface area contributed by atoms with Gasteiger partial charge in [0.15, 0.2) is 4.80 Å². The number of rotatable bonds is 8. The van der Waals surface area contributed by atoms with Crippen molar-refractivity contribution in [2.75, 3.05) is 23.9 Å². The average molecular weight is 502 g/mol. The maximum atomic E-state index is 12.5. The fourth-order valence-electron chi connectivity index (χ4n) is 3.75. The van der Waals surface area contributed by atoms with E-state index < -0.39 is 5.97 Å². The first-order valence-corrected chi connectivity index (χ1v) is 13.2. The Bertz CT molecular complexity index is 1300. The summed E-state index contributed by atoms with van der Waals surface area (Å²) in [6.45, 7) is 4.34. The summed E-state index contributed by atoms with van der Waals surface area (Å²) in [5.74, 6) is -0.823. The lowest BCUT2D eigenvalue weighted by molar-refractivity contribution is -0.115. The Hall–Kier alpha value is -2.69. The summed E-state index contributed by atoms with van der Waals surface area (Å²) in [7, 11) is 1.34. The molecule has 0 aliphatic heterocycles. The average Bonchev–Trinajstić information content (AvgIpc) is 3.47. The number of esters is 1. The number of allylic oxidation sites excluding steroid dienone is 1. The van der Waals surface area contributed by atoms with Crippen molar-refractivity contribution in [1.29, 1.82) is 0 Å². The van der Waals surface area contributed by atoms with Crippen LogP contribution in [0.5, 0.6) is 0 Å². The Labute approximate surface area is 203 Å². The first-order chi connectivity index (χ1) is 16.0. The van der Waals surface area contributed by atoms with E-state index in [1.807, 2.05) is 28.8 Å². The van der Waals surface area contributed by atoms with Crippen molar-refractivity contribution in [3.05, 3.63) is 57.7 Å². The second kappa shape index (κ2) is 10.5. The second-order valence-corrected chi connectivity index (χ2v) is 10.5. The molecule has 33 heavy (non-hydrogen) atoms. The lowest BCUT2D eigenvalue weighted by Gasteiger charge is -2.06. The van der Waals surface area contributed by atoms with E-state index in [2.05, 4.69) is 16.9 Å². The molecule has 0 unspecified atom stereocenters. The normalized spacial score (nSPS) is 13.2. The molecule has 7 nitrogen and oxygen atoms in total. The summed E-state index contributed by atoms with van der Waals surface area (Å²) in [5, 5.41) is 3.36. The number of hydrogen-bond acceptors (Lipinski definition) is 7. The van der Waals surface area contributed by atoms with E-state index in [9.17, 15) is 14.4 Å². The molecule has 1 aromatic carbocycles.